The maximum atomic E-state index is 12.1. The number of rotatable bonds is 3. The van der Waals surface area contributed by atoms with E-state index in [9.17, 15) is 14.4 Å². The first-order valence-corrected chi connectivity index (χ1v) is 6.28. The van der Waals surface area contributed by atoms with E-state index in [2.05, 4.69) is 5.10 Å². The molecule has 2 aromatic carbocycles. The van der Waals surface area contributed by atoms with E-state index in [1.54, 1.807) is 48.5 Å². The molecule has 2 amide bonds. The molecule has 1 heterocycles. The zero-order valence-electron chi connectivity index (χ0n) is 10.9. The molecule has 0 bridgehead atoms. The van der Waals surface area contributed by atoms with E-state index < -0.39 is 11.8 Å². The van der Waals surface area contributed by atoms with Crippen LogP contribution in [0.2, 0.25) is 0 Å². The second kappa shape index (κ2) is 5.13. The third kappa shape index (κ3) is 2.25. The average Bonchev–Trinajstić information content (AvgIpc) is 2.78. The van der Waals surface area contributed by atoms with Gasteiger partial charge in [-0.05, 0) is 17.7 Å². The van der Waals surface area contributed by atoms with E-state index in [4.69, 9.17) is 0 Å². The molecule has 0 saturated heterocycles. The second-order valence-electron chi connectivity index (χ2n) is 4.50. The Morgan fingerprint density at radius 3 is 1.86 bits per heavy atom. The average molecular weight is 278 g/mol. The minimum atomic E-state index is -0.434. The lowest BCUT2D eigenvalue weighted by atomic mass is 10.1. The molecule has 0 aliphatic carbocycles. The fraction of sp³-hybridized carbons (Fsp3) is 0. The number of imide groups is 1. The summed E-state index contributed by atoms with van der Waals surface area (Å²) in [7, 11) is 0. The Hall–Kier alpha value is -3.08. The van der Waals surface area contributed by atoms with Crippen LogP contribution >= 0.6 is 0 Å². The van der Waals surface area contributed by atoms with Crippen LogP contribution in [0.3, 0.4) is 0 Å². The predicted molar refractivity (Wildman–Crippen MR) is 76.4 cm³/mol. The SMILES string of the molecule is O=Cc1ccc(/C=N/N2C(=O)c3ccccc3C2=O)cc1. The molecule has 0 unspecified atom stereocenters. The van der Waals surface area contributed by atoms with Crippen molar-refractivity contribution in [2.24, 2.45) is 5.10 Å². The van der Waals surface area contributed by atoms with Crippen molar-refractivity contribution in [1.82, 2.24) is 5.01 Å². The lowest BCUT2D eigenvalue weighted by Gasteiger charge is -2.05. The fourth-order valence-corrected chi connectivity index (χ4v) is 2.07. The van der Waals surface area contributed by atoms with Gasteiger partial charge in [-0.1, -0.05) is 36.4 Å². The van der Waals surface area contributed by atoms with Crippen molar-refractivity contribution in [3.63, 3.8) is 0 Å². The van der Waals surface area contributed by atoms with Gasteiger partial charge in [0.2, 0.25) is 0 Å². The van der Waals surface area contributed by atoms with Crippen molar-refractivity contribution in [3.8, 4) is 0 Å². The molecule has 1 aliphatic rings. The van der Waals surface area contributed by atoms with Crippen LogP contribution < -0.4 is 0 Å². The molecule has 102 valence electrons. The Labute approximate surface area is 120 Å². The van der Waals surface area contributed by atoms with Crippen molar-refractivity contribution >= 4 is 24.3 Å². The summed E-state index contributed by atoms with van der Waals surface area (Å²) in [6.07, 6.45) is 2.15. The summed E-state index contributed by atoms with van der Waals surface area (Å²) in [5.41, 5.74) is 1.96. The number of amides is 2. The van der Waals surface area contributed by atoms with Crippen molar-refractivity contribution < 1.29 is 14.4 Å². The van der Waals surface area contributed by atoms with Gasteiger partial charge < -0.3 is 0 Å². The topological polar surface area (TPSA) is 66.8 Å². The summed E-state index contributed by atoms with van der Waals surface area (Å²) < 4.78 is 0. The second-order valence-corrected chi connectivity index (χ2v) is 4.50. The third-order valence-electron chi connectivity index (χ3n) is 3.17. The number of benzene rings is 2. The summed E-state index contributed by atoms with van der Waals surface area (Å²) >= 11 is 0. The Morgan fingerprint density at radius 2 is 1.33 bits per heavy atom. The molecule has 2 aromatic rings. The number of carbonyl (C=O) groups is 3. The van der Waals surface area contributed by atoms with E-state index in [0.29, 0.717) is 22.3 Å². The Morgan fingerprint density at radius 1 is 0.810 bits per heavy atom. The number of aldehydes is 1. The van der Waals surface area contributed by atoms with Crippen LogP contribution in [0.5, 0.6) is 0 Å². The Bertz CT molecular complexity index is 728. The molecule has 0 atom stereocenters. The highest BCUT2D eigenvalue weighted by atomic mass is 16.2. The van der Waals surface area contributed by atoms with Crippen LogP contribution in [0, 0.1) is 0 Å². The smallest absolute Gasteiger partial charge is 0.282 e. The summed E-state index contributed by atoms with van der Waals surface area (Å²) in [4.78, 5) is 34.7. The summed E-state index contributed by atoms with van der Waals surface area (Å²) in [5.74, 6) is -0.868. The summed E-state index contributed by atoms with van der Waals surface area (Å²) in [5, 5.41) is 4.79. The Kier molecular flexibility index (Phi) is 3.16. The normalized spacial score (nSPS) is 13.8. The molecule has 3 rings (SSSR count). The molecule has 0 N–H and O–H groups in total. The van der Waals surface area contributed by atoms with Gasteiger partial charge in [0.25, 0.3) is 11.8 Å². The van der Waals surface area contributed by atoms with E-state index in [-0.39, 0.29) is 0 Å². The van der Waals surface area contributed by atoms with Gasteiger partial charge in [-0.2, -0.15) is 10.1 Å². The number of hydrogen-bond acceptors (Lipinski definition) is 4. The molecule has 5 nitrogen and oxygen atoms in total. The number of nitrogens with zero attached hydrogens (tertiary/aromatic N) is 2. The van der Waals surface area contributed by atoms with Gasteiger partial charge in [0.1, 0.15) is 6.29 Å². The molecule has 5 heteroatoms. The predicted octanol–water partition coefficient (Wildman–Crippen LogP) is 2.13. The van der Waals surface area contributed by atoms with E-state index in [1.807, 2.05) is 0 Å². The van der Waals surface area contributed by atoms with Crippen molar-refractivity contribution in [2.75, 3.05) is 0 Å². The van der Waals surface area contributed by atoms with Gasteiger partial charge in [0.15, 0.2) is 0 Å². The van der Waals surface area contributed by atoms with Crippen molar-refractivity contribution in [2.45, 2.75) is 0 Å². The first kappa shape index (κ1) is 12.9. The van der Waals surface area contributed by atoms with Crippen LogP contribution in [0.1, 0.15) is 36.6 Å². The first-order chi connectivity index (χ1) is 10.2. The highest BCUT2D eigenvalue weighted by Crippen LogP contribution is 2.22. The van der Waals surface area contributed by atoms with Gasteiger partial charge in [0, 0.05) is 5.56 Å². The van der Waals surface area contributed by atoms with Crippen LogP contribution in [-0.4, -0.2) is 29.3 Å². The molecule has 0 saturated carbocycles. The molecule has 1 aliphatic heterocycles. The molecule has 0 aromatic heterocycles. The summed E-state index contributed by atoms with van der Waals surface area (Å²) in [6.45, 7) is 0. The van der Waals surface area contributed by atoms with E-state index >= 15 is 0 Å². The maximum Gasteiger partial charge on any atom is 0.282 e. The van der Waals surface area contributed by atoms with Gasteiger partial charge in [0.05, 0.1) is 17.3 Å². The van der Waals surface area contributed by atoms with Crippen LogP contribution in [0.15, 0.2) is 53.6 Å². The molecule has 21 heavy (non-hydrogen) atoms. The minimum absolute atomic E-state index is 0.357. The third-order valence-corrected chi connectivity index (χ3v) is 3.17. The van der Waals surface area contributed by atoms with Crippen LogP contribution in [0.4, 0.5) is 0 Å². The Balaban J connectivity index is 1.85. The van der Waals surface area contributed by atoms with Crippen LogP contribution in [-0.2, 0) is 0 Å². The quantitative estimate of drug-likeness (QED) is 0.490. The number of hydrogen-bond donors (Lipinski definition) is 0. The highest BCUT2D eigenvalue weighted by Gasteiger charge is 2.35. The molecular weight excluding hydrogens is 268 g/mol. The zero-order chi connectivity index (χ0) is 14.8. The minimum Gasteiger partial charge on any atom is -0.298 e. The fourth-order valence-electron chi connectivity index (χ4n) is 2.07. The number of hydrazone groups is 1. The molecule has 0 radical (unpaired) electrons. The van der Waals surface area contributed by atoms with Gasteiger partial charge in [-0.3, -0.25) is 14.4 Å². The first-order valence-electron chi connectivity index (χ1n) is 6.28. The number of fused-ring (bicyclic) bond motifs is 1. The van der Waals surface area contributed by atoms with Crippen molar-refractivity contribution in [3.05, 3.63) is 70.8 Å². The molecular formula is C16H10N2O3. The van der Waals surface area contributed by atoms with Gasteiger partial charge in [-0.15, -0.1) is 0 Å². The van der Waals surface area contributed by atoms with E-state index in [1.165, 1.54) is 6.21 Å². The van der Waals surface area contributed by atoms with Gasteiger partial charge >= 0.3 is 0 Å². The number of carbonyl (C=O) groups excluding carboxylic acids is 3. The lowest BCUT2D eigenvalue weighted by molar-refractivity contribution is 0.0659. The zero-order valence-corrected chi connectivity index (χ0v) is 10.9. The molecule has 0 fully saturated rings. The molecule has 0 spiro atoms. The van der Waals surface area contributed by atoms with E-state index in [0.717, 1.165) is 11.3 Å². The van der Waals surface area contributed by atoms with Gasteiger partial charge in [-0.25, -0.2) is 0 Å². The monoisotopic (exact) mass is 278 g/mol. The largest absolute Gasteiger partial charge is 0.298 e. The maximum absolute atomic E-state index is 12.1. The van der Waals surface area contributed by atoms with Crippen molar-refractivity contribution in [1.29, 1.82) is 0 Å². The highest BCUT2D eigenvalue weighted by molar-refractivity contribution is 6.21. The summed E-state index contributed by atoms with van der Waals surface area (Å²) in [6, 6.07) is 13.3. The van der Waals surface area contributed by atoms with Crippen LogP contribution in [0.25, 0.3) is 0 Å². The lowest BCUT2D eigenvalue weighted by Crippen LogP contribution is -2.23. The standard InChI is InChI=1S/C16H10N2O3/c19-10-12-7-5-11(6-8-12)9-17-18-15(20)13-3-1-2-4-14(13)16(18)21/h1-10H/b17-9+.